The number of carbonyl (C=O) groups excluding carboxylic acids is 4. The van der Waals surface area contributed by atoms with Crippen LogP contribution in [0.4, 0.5) is 0 Å². The Kier molecular flexibility index (Phi) is 6.82. The number of rotatable bonds is 1. The number of carbonyl (C=O) groups is 4. The van der Waals surface area contributed by atoms with Crippen molar-refractivity contribution in [2.45, 2.75) is 46.6 Å². The summed E-state index contributed by atoms with van der Waals surface area (Å²) >= 11 is 0. The molecule has 2 aliphatic heterocycles. The standard InChI is InChI=1S/C14H12N2O4.2C2H6/c1-15-11(17)7-6-10(14(15)20)16-12(18)8-4-2-3-5-9(8)13(16)19;2*1-2/h2-5,10H,6-7H2,1H3;2*1-2H3. The zero-order valence-electron chi connectivity index (χ0n) is 14.8. The van der Waals surface area contributed by atoms with Crippen LogP contribution in [0, 0.1) is 0 Å². The van der Waals surface area contributed by atoms with Gasteiger partial charge in [0.1, 0.15) is 6.04 Å². The molecule has 2 aliphatic rings. The molecule has 0 radical (unpaired) electrons. The fourth-order valence-electron chi connectivity index (χ4n) is 2.63. The van der Waals surface area contributed by atoms with Crippen LogP contribution >= 0.6 is 0 Å². The molecule has 130 valence electrons. The fourth-order valence-corrected chi connectivity index (χ4v) is 2.63. The maximum absolute atomic E-state index is 12.3. The van der Waals surface area contributed by atoms with Crippen LogP contribution in [-0.4, -0.2) is 46.5 Å². The maximum Gasteiger partial charge on any atom is 0.262 e. The molecule has 0 spiro atoms. The molecule has 4 amide bonds. The summed E-state index contributed by atoms with van der Waals surface area (Å²) in [6.07, 6.45) is 0.341. The van der Waals surface area contributed by atoms with Gasteiger partial charge in [0.05, 0.1) is 11.1 Å². The highest BCUT2D eigenvalue weighted by Crippen LogP contribution is 2.28. The minimum Gasteiger partial charge on any atom is -0.284 e. The van der Waals surface area contributed by atoms with Crippen molar-refractivity contribution in [1.29, 1.82) is 0 Å². The minimum absolute atomic E-state index is 0.153. The predicted molar refractivity (Wildman–Crippen MR) is 90.4 cm³/mol. The second-order valence-electron chi connectivity index (χ2n) is 4.87. The Labute approximate surface area is 142 Å². The summed E-state index contributed by atoms with van der Waals surface area (Å²) in [5.74, 6) is -1.72. The molecule has 0 N–H and O–H groups in total. The normalized spacial score (nSPS) is 19.3. The van der Waals surface area contributed by atoms with Crippen LogP contribution in [0.2, 0.25) is 0 Å². The van der Waals surface area contributed by atoms with E-state index in [1.807, 2.05) is 27.7 Å². The first-order valence-corrected chi connectivity index (χ1v) is 8.29. The predicted octanol–water partition coefficient (Wildman–Crippen LogP) is 2.48. The van der Waals surface area contributed by atoms with Gasteiger partial charge in [-0.25, -0.2) is 0 Å². The quantitative estimate of drug-likeness (QED) is 0.741. The average Bonchev–Trinajstić information content (AvgIpc) is 2.88. The van der Waals surface area contributed by atoms with Crippen LogP contribution in [0.3, 0.4) is 0 Å². The summed E-state index contributed by atoms with van der Waals surface area (Å²) in [4.78, 5) is 50.1. The van der Waals surface area contributed by atoms with E-state index >= 15 is 0 Å². The van der Waals surface area contributed by atoms with E-state index in [0.717, 1.165) is 9.80 Å². The zero-order chi connectivity index (χ0) is 18.4. The number of fused-ring (bicyclic) bond motifs is 1. The van der Waals surface area contributed by atoms with E-state index < -0.39 is 23.8 Å². The number of imide groups is 2. The van der Waals surface area contributed by atoms with Crippen LogP contribution in [0.15, 0.2) is 24.3 Å². The molecule has 24 heavy (non-hydrogen) atoms. The van der Waals surface area contributed by atoms with Gasteiger partial charge in [0.25, 0.3) is 17.7 Å². The van der Waals surface area contributed by atoms with E-state index in [1.54, 1.807) is 24.3 Å². The number of likely N-dealkylation sites (tertiary alicyclic amines) is 1. The van der Waals surface area contributed by atoms with Gasteiger partial charge in [-0.1, -0.05) is 39.8 Å². The second kappa shape index (κ2) is 8.38. The number of hydrogen-bond acceptors (Lipinski definition) is 4. The summed E-state index contributed by atoms with van der Waals surface area (Å²) in [5.41, 5.74) is 0.620. The van der Waals surface area contributed by atoms with Crippen molar-refractivity contribution in [2.24, 2.45) is 0 Å². The molecule has 0 bridgehead atoms. The van der Waals surface area contributed by atoms with Gasteiger partial charge >= 0.3 is 0 Å². The monoisotopic (exact) mass is 332 g/mol. The van der Waals surface area contributed by atoms with Gasteiger partial charge in [0.2, 0.25) is 5.91 Å². The molecule has 1 aromatic rings. The molecular weight excluding hydrogens is 308 g/mol. The number of amides is 4. The number of piperidine rings is 1. The zero-order valence-corrected chi connectivity index (χ0v) is 14.8. The maximum atomic E-state index is 12.3. The van der Waals surface area contributed by atoms with Gasteiger partial charge in [-0.05, 0) is 18.6 Å². The van der Waals surface area contributed by atoms with Gasteiger partial charge in [-0.15, -0.1) is 0 Å². The van der Waals surface area contributed by atoms with Crippen molar-refractivity contribution >= 4 is 23.6 Å². The van der Waals surface area contributed by atoms with Crippen molar-refractivity contribution < 1.29 is 19.2 Å². The molecule has 6 nitrogen and oxygen atoms in total. The Bertz CT molecular complexity index is 619. The number of nitrogens with zero attached hydrogens (tertiary/aromatic N) is 2. The molecule has 3 rings (SSSR count). The van der Waals surface area contributed by atoms with Gasteiger partial charge < -0.3 is 0 Å². The lowest BCUT2D eigenvalue weighted by Crippen LogP contribution is -2.54. The van der Waals surface area contributed by atoms with E-state index in [-0.39, 0.29) is 18.7 Å². The van der Waals surface area contributed by atoms with Gasteiger partial charge in [0, 0.05) is 13.5 Å². The first kappa shape index (κ1) is 19.5. The fraction of sp³-hybridized carbons (Fsp3) is 0.444. The summed E-state index contributed by atoms with van der Waals surface area (Å²) in [6, 6.07) is 5.60. The Hall–Kier alpha value is -2.50. The Balaban J connectivity index is 0.000000671. The number of hydrogen-bond donors (Lipinski definition) is 0. The summed E-state index contributed by atoms with van der Waals surface area (Å²) in [5, 5.41) is 0. The molecular formula is C18H24N2O4. The highest BCUT2D eigenvalue weighted by molar-refractivity contribution is 6.23. The summed E-state index contributed by atoms with van der Waals surface area (Å²) < 4.78 is 0. The lowest BCUT2D eigenvalue weighted by molar-refractivity contribution is -0.149. The smallest absolute Gasteiger partial charge is 0.262 e. The van der Waals surface area contributed by atoms with Crippen LogP contribution in [0.1, 0.15) is 61.3 Å². The van der Waals surface area contributed by atoms with E-state index in [0.29, 0.717) is 11.1 Å². The molecule has 1 saturated heterocycles. The largest absolute Gasteiger partial charge is 0.284 e. The second-order valence-corrected chi connectivity index (χ2v) is 4.87. The van der Waals surface area contributed by atoms with Crippen molar-refractivity contribution in [3.8, 4) is 0 Å². The number of likely N-dealkylation sites (N-methyl/N-ethyl adjacent to an activating group) is 1. The van der Waals surface area contributed by atoms with Gasteiger partial charge in [0.15, 0.2) is 0 Å². The highest BCUT2D eigenvalue weighted by atomic mass is 16.2. The van der Waals surface area contributed by atoms with Crippen molar-refractivity contribution in [2.75, 3.05) is 7.05 Å². The van der Waals surface area contributed by atoms with Crippen LogP contribution in [0.25, 0.3) is 0 Å². The third kappa shape index (κ3) is 3.22. The van der Waals surface area contributed by atoms with Crippen LogP contribution in [0.5, 0.6) is 0 Å². The molecule has 0 aromatic heterocycles. The molecule has 2 heterocycles. The van der Waals surface area contributed by atoms with Crippen molar-refractivity contribution in [3.05, 3.63) is 35.4 Å². The molecule has 0 saturated carbocycles. The Morgan fingerprint density at radius 2 is 1.33 bits per heavy atom. The first-order valence-electron chi connectivity index (χ1n) is 8.29. The molecule has 1 aromatic carbocycles. The summed E-state index contributed by atoms with van der Waals surface area (Å²) in [7, 11) is 1.37. The van der Waals surface area contributed by atoms with E-state index in [4.69, 9.17) is 0 Å². The SMILES string of the molecule is CC.CC.CN1C(=O)CCC(N2C(=O)c3ccccc3C2=O)C1=O. The average molecular weight is 332 g/mol. The van der Waals surface area contributed by atoms with Crippen molar-refractivity contribution in [3.63, 3.8) is 0 Å². The topological polar surface area (TPSA) is 74.8 Å². The van der Waals surface area contributed by atoms with E-state index in [1.165, 1.54) is 7.05 Å². The van der Waals surface area contributed by atoms with Crippen molar-refractivity contribution in [1.82, 2.24) is 9.80 Å². The molecule has 0 aliphatic carbocycles. The van der Waals surface area contributed by atoms with Crippen LogP contribution < -0.4 is 0 Å². The van der Waals surface area contributed by atoms with E-state index in [2.05, 4.69) is 0 Å². The molecule has 6 heteroatoms. The first-order chi connectivity index (χ1) is 11.5. The Morgan fingerprint density at radius 3 is 1.79 bits per heavy atom. The summed E-state index contributed by atoms with van der Waals surface area (Å²) in [6.45, 7) is 8.00. The lowest BCUT2D eigenvalue weighted by atomic mass is 10.0. The van der Waals surface area contributed by atoms with Crippen LogP contribution in [-0.2, 0) is 9.59 Å². The van der Waals surface area contributed by atoms with Gasteiger partial charge in [-0.2, -0.15) is 0 Å². The Morgan fingerprint density at radius 1 is 0.875 bits per heavy atom. The molecule has 1 atom stereocenters. The third-order valence-electron chi connectivity index (χ3n) is 3.76. The number of benzene rings is 1. The van der Waals surface area contributed by atoms with Gasteiger partial charge in [-0.3, -0.25) is 29.0 Å². The minimum atomic E-state index is -0.884. The highest BCUT2D eigenvalue weighted by Gasteiger charge is 2.45. The van der Waals surface area contributed by atoms with E-state index in [9.17, 15) is 19.2 Å². The molecule has 1 unspecified atom stereocenters. The lowest BCUT2D eigenvalue weighted by Gasteiger charge is -2.32. The third-order valence-corrected chi connectivity index (χ3v) is 3.76. The molecule has 1 fully saturated rings.